The van der Waals surface area contributed by atoms with Crippen LogP contribution in [-0.2, 0) is 11.3 Å². The van der Waals surface area contributed by atoms with Crippen LogP contribution in [0.1, 0.15) is 43.9 Å². The minimum Gasteiger partial charge on any atom is -0.497 e. The van der Waals surface area contributed by atoms with Crippen LogP contribution in [0.3, 0.4) is 0 Å². The predicted octanol–water partition coefficient (Wildman–Crippen LogP) is 7.42. The van der Waals surface area contributed by atoms with Crippen LogP contribution in [0.2, 0.25) is 0 Å². The average Bonchev–Trinajstić information content (AvgIpc) is 2.93. The summed E-state index contributed by atoms with van der Waals surface area (Å²) in [4.78, 5) is 0. The van der Waals surface area contributed by atoms with Gasteiger partial charge in [0.25, 0.3) is 0 Å². The summed E-state index contributed by atoms with van der Waals surface area (Å²) in [5.41, 5.74) is 7.37. The largest absolute Gasteiger partial charge is 0.497 e. The van der Waals surface area contributed by atoms with Crippen molar-refractivity contribution in [1.29, 1.82) is 0 Å². The number of nitrogens with one attached hydrogen (secondary N) is 1. The van der Waals surface area contributed by atoms with Crippen LogP contribution in [0.25, 0.3) is 11.1 Å². The second-order valence-electron chi connectivity index (χ2n) is 7.43. The summed E-state index contributed by atoms with van der Waals surface area (Å²) in [5.74, 6) is 1.65. The first-order valence-corrected chi connectivity index (χ1v) is 11.7. The van der Waals surface area contributed by atoms with Crippen molar-refractivity contribution in [3.8, 4) is 5.75 Å². The number of rotatable bonds is 7. The molecule has 1 aliphatic rings. The van der Waals surface area contributed by atoms with Gasteiger partial charge in [0.05, 0.1) is 7.11 Å². The van der Waals surface area contributed by atoms with Gasteiger partial charge in [0.15, 0.2) is 0 Å². The predicted molar refractivity (Wildman–Crippen MR) is 131 cm³/mol. The molecule has 164 valence electrons. The van der Waals surface area contributed by atoms with Crippen molar-refractivity contribution in [2.24, 2.45) is 0 Å². The number of anilines is 1. The number of allylic oxidation sites excluding steroid dienone is 6. The molecular formula is C26H30FNO2S. The summed E-state index contributed by atoms with van der Waals surface area (Å²) in [6.45, 7) is 6.16. The van der Waals surface area contributed by atoms with Gasteiger partial charge in [-0.15, -0.1) is 0 Å². The zero-order valence-electron chi connectivity index (χ0n) is 18.8. The van der Waals surface area contributed by atoms with Gasteiger partial charge in [0, 0.05) is 29.5 Å². The fraction of sp³-hybridized carbons (Fsp3) is 0.308. The second kappa shape index (κ2) is 10.6. The zero-order valence-corrected chi connectivity index (χ0v) is 19.6. The Morgan fingerprint density at radius 1 is 1.29 bits per heavy atom. The SMILES string of the molecule is CCC1=C(/C=C\C(C)F)/C(=C(/C)c2cccc(NSC)c2)c2ccc(OC)cc2CO1. The molecule has 0 radical (unpaired) electrons. The molecule has 1 aliphatic heterocycles. The molecule has 31 heavy (non-hydrogen) atoms. The van der Waals surface area contributed by atoms with Gasteiger partial charge >= 0.3 is 0 Å². The molecule has 0 spiro atoms. The van der Waals surface area contributed by atoms with Gasteiger partial charge in [-0.1, -0.05) is 49.2 Å². The first-order valence-electron chi connectivity index (χ1n) is 10.4. The molecule has 0 bridgehead atoms. The van der Waals surface area contributed by atoms with Gasteiger partial charge in [-0.3, -0.25) is 0 Å². The van der Waals surface area contributed by atoms with Gasteiger partial charge in [-0.2, -0.15) is 0 Å². The molecule has 2 aromatic carbocycles. The number of hydrogen-bond acceptors (Lipinski definition) is 4. The van der Waals surface area contributed by atoms with Crippen molar-refractivity contribution >= 4 is 28.8 Å². The highest BCUT2D eigenvalue weighted by Crippen LogP contribution is 2.41. The van der Waals surface area contributed by atoms with E-state index >= 15 is 0 Å². The Hall–Kier alpha value is -2.66. The number of hydrogen-bond donors (Lipinski definition) is 1. The van der Waals surface area contributed by atoms with Crippen molar-refractivity contribution < 1.29 is 13.9 Å². The van der Waals surface area contributed by atoms with Crippen LogP contribution in [0.4, 0.5) is 10.1 Å². The van der Waals surface area contributed by atoms with Crippen molar-refractivity contribution in [3.05, 3.63) is 82.6 Å². The third-order valence-corrected chi connectivity index (χ3v) is 5.73. The molecule has 1 N–H and O–H groups in total. The van der Waals surface area contributed by atoms with Crippen LogP contribution >= 0.6 is 11.9 Å². The summed E-state index contributed by atoms with van der Waals surface area (Å²) < 4.78 is 28.7. The summed E-state index contributed by atoms with van der Waals surface area (Å²) >= 11 is 1.56. The highest BCUT2D eigenvalue weighted by molar-refractivity contribution is 7.99. The Morgan fingerprint density at radius 3 is 2.77 bits per heavy atom. The van der Waals surface area contributed by atoms with Gasteiger partial charge in [-0.25, -0.2) is 4.39 Å². The molecule has 1 atom stereocenters. The molecular weight excluding hydrogens is 409 g/mol. The quantitative estimate of drug-likeness (QED) is 0.455. The lowest BCUT2D eigenvalue weighted by Crippen LogP contribution is -1.98. The lowest BCUT2D eigenvalue weighted by Gasteiger charge is -2.17. The van der Waals surface area contributed by atoms with E-state index in [0.717, 1.165) is 57.0 Å². The number of halogens is 1. The molecule has 0 aromatic heterocycles. The molecule has 3 rings (SSSR count). The number of ether oxygens (including phenoxy) is 2. The Bertz CT molecular complexity index is 1020. The first-order chi connectivity index (χ1) is 15.0. The van der Waals surface area contributed by atoms with E-state index < -0.39 is 6.17 Å². The topological polar surface area (TPSA) is 30.5 Å². The smallest absolute Gasteiger partial charge is 0.119 e. The lowest BCUT2D eigenvalue weighted by atomic mass is 9.87. The number of methoxy groups -OCH3 is 1. The Labute approximate surface area is 189 Å². The maximum absolute atomic E-state index is 13.8. The molecule has 0 amide bonds. The molecule has 0 aliphatic carbocycles. The maximum Gasteiger partial charge on any atom is 0.119 e. The van der Waals surface area contributed by atoms with E-state index in [1.54, 1.807) is 25.1 Å². The van der Waals surface area contributed by atoms with Crippen molar-refractivity contribution in [1.82, 2.24) is 0 Å². The summed E-state index contributed by atoms with van der Waals surface area (Å²) in [6.07, 6.45) is 5.13. The third-order valence-electron chi connectivity index (χ3n) is 5.29. The van der Waals surface area contributed by atoms with Crippen molar-refractivity contribution in [2.75, 3.05) is 18.1 Å². The number of fused-ring (bicyclic) bond motifs is 1. The number of alkyl halides is 1. The second-order valence-corrected chi connectivity index (χ2v) is 8.04. The molecule has 2 aromatic rings. The normalized spacial score (nSPS) is 16.5. The molecule has 1 unspecified atom stereocenters. The van der Waals surface area contributed by atoms with E-state index in [-0.39, 0.29) is 0 Å². The van der Waals surface area contributed by atoms with Gasteiger partial charge in [0.1, 0.15) is 24.3 Å². The van der Waals surface area contributed by atoms with Crippen LogP contribution in [-0.4, -0.2) is 19.5 Å². The van der Waals surface area contributed by atoms with Crippen LogP contribution in [0.15, 0.2) is 65.9 Å². The van der Waals surface area contributed by atoms with E-state index in [4.69, 9.17) is 9.47 Å². The van der Waals surface area contributed by atoms with E-state index in [9.17, 15) is 4.39 Å². The summed E-state index contributed by atoms with van der Waals surface area (Å²) in [5, 5.41) is 0. The Morgan fingerprint density at radius 2 is 2.10 bits per heavy atom. The molecule has 0 saturated heterocycles. The minimum atomic E-state index is -1.04. The van der Waals surface area contributed by atoms with E-state index in [1.165, 1.54) is 6.92 Å². The summed E-state index contributed by atoms with van der Waals surface area (Å²) in [6, 6.07) is 14.4. The minimum absolute atomic E-state index is 0.447. The Kier molecular flexibility index (Phi) is 7.85. The van der Waals surface area contributed by atoms with Crippen LogP contribution in [0, 0.1) is 0 Å². The van der Waals surface area contributed by atoms with Crippen molar-refractivity contribution in [2.45, 2.75) is 40.0 Å². The van der Waals surface area contributed by atoms with E-state index in [1.807, 2.05) is 36.6 Å². The average molecular weight is 440 g/mol. The fourth-order valence-electron chi connectivity index (χ4n) is 3.77. The lowest BCUT2D eigenvalue weighted by molar-refractivity contribution is 0.191. The monoisotopic (exact) mass is 439 g/mol. The standard InChI is InChI=1S/C26H30FNO2S/c1-6-25-24(12-10-17(2)27)26(18(3)19-8-7-9-21(14-19)28-31-5)23-13-11-22(29-4)15-20(23)16-30-25/h7-15,17,28H,6,16H2,1-5H3/b12-10-,26-18-. The third kappa shape index (κ3) is 5.34. The highest BCUT2D eigenvalue weighted by atomic mass is 32.2. The first kappa shape index (κ1) is 23.0. The maximum atomic E-state index is 13.8. The Balaban J connectivity index is 2.30. The van der Waals surface area contributed by atoms with Crippen LogP contribution in [0.5, 0.6) is 5.75 Å². The van der Waals surface area contributed by atoms with E-state index in [2.05, 4.69) is 36.8 Å². The highest BCUT2D eigenvalue weighted by Gasteiger charge is 2.23. The molecule has 1 heterocycles. The molecule has 3 nitrogen and oxygen atoms in total. The van der Waals surface area contributed by atoms with Gasteiger partial charge in [0.2, 0.25) is 0 Å². The van der Waals surface area contributed by atoms with Gasteiger partial charge < -0.3 is 14.2 Å². The molecule has 5 heteroatoms. The summed E-state index contributed by atoms with van der Waals surface area (Å²) in [7, 11) is 1.66. The number of benzene rings is 2. The molecule has 0 fully saturated rings. The van der Waals surface area contributed by atoms with Crippen LogP contribution < -0.4 is 9.46 Å². The van der Waals surface area contributed by atoms with E-state index in [0.29, 0.717) is 6.61 Å². The zero-order chi connectivity index (χ0) is 22.4. The fourth-order valence-corrected chi connectivity index (χ4v) is 4.13. The van der Waals surface area contributed by atoms with Crippen molar-refractivity contribution in [3.63, 3.8) is 0 Å². The van der Waals surface area contributed by atoms with Gasteiger partial charge in [-0.05, 0) is 60.4 Å². The molecule has 0 saturated carbocycles.